The molecular formula is C13H20N2O. The van der Waals surface area contributed by atoms with E-state index in [1.165, 1.54) is 5.69 Å². The minimum absolute atomic E-state index is 0.195. The lowest BCUT2D eigenvalue weighted by atomic mass is 10.0. The molecule has 0 aromatic heterocycles. The molecule has 3 heteroatoms. The van der Waals surface area contributed by atoms with E-state index < -0.39 is 0 Å². The monoisotopic (exact) mass is 220 g/mol. The number of nitrogens with zero attached hydrogens (tertiary/aromatic N) is 1. The van der Waals surface area contributed by atoms with Crippen LogP contribution in [0.4, 0.5) is 5.69 Å². The van der Waals surface area contributed by atoms with Crippen LogP contribution in [0, 0.1) is 0 Å². The third-order valence-electron chi connectivity index (χ3n) is 3.41. The molecule has 1 unspecified atom stereocenters. The zero-order valence-corrected chi connectivity index (χ0v) is 10.1. The fourth-order valence-electron chi connectivity index (χ4n) is 2.39. The normalized spacial score (nSPS) is 25.8. The molecule has 0 saturated carbocycles. The van der Waals surface area contributed by atoms with Gasteiger partial charge in [0.05, 0.1) is 0 Å². The van der Waals surface area contributed by atoms with Gasteiger partial charge in [-0.2, -0.15) is 0 Å². The summed E-state index contributed by atoms with van der Waals surface area (Å²) in [5.74, 6) is 0. The molecular weight excluding hydrogens is 200 g/mol. The van der Waals surface area contributed by atoms with Crippen LogP contribution in [0.2, 0.25) is 0 Å². The number of hydrogen-bond acceptors (Lipinski definition) is 3. The maximum absolute atomic E-state index is 5.76. The number of para-hydroxylation sites is 1. The topological polar surface area (TPSA) is 24.5 Å². The molecule has 0 spiro atoms. The van der Waals surface area contributed by atoms with Gasteiger partial charge < -0.3 is 15.0 Å². The minimum atomic E-state index is -0.195. The highest BCUT2D eigenvalue weighted by atomic mass is 16.5. The smallest absolute Gasteiger partial charge is 0.153 e. The van der Waals surface area contributed by atoms with Gasteiger partial charge in [0.2, 0.25) is 0 Å². The molecule has 0 radical (unpaired) electrons. The van der Waals surface area contributed by atoms with Gasteiger partial charge in [-0.1, -0.05) is 25.1 Å². The molecule has 3 nitrogen and oxygen atoms in total. The number of piperazine rings is 1. The summed E-state index contributed by atoms with van der Waals surface area (Å²) in [7, 11) is 1.80. The zero-order valence-electron chi connectivity index (χ0n) is 10.1. The van der Waals surface area contributed by atoms with Crippen molar-refractivity contribution < 1.29 is 4.74 Å². The van der Waals surface area contributed by atoms with Gasteiger partial charge in [0.25, 0.3) is 0 Å². The molecule has 1 saturated heterocycles. The Hall–Kier alpha value is -1.06. The molecule has 1 fully saturated rings. The molecule has 88 valence electrons. The Balaban J connectivity index is 2.29. The van der Waals surface area contributed by atoms with E-state index in [9.17, 15) is 0 Å². The van der Waals surface area contributed by atoms with Crippen LogP contribution in [-0.2, 0) is 4.74 Å². The van der Waals surface area contributed by atoms with Crippen molar-refractivity contribution in [3.63, 3.8) is 0 Å². The second-order valence-electron chi connectivity index (χ2n) is 4.17. The predicted octanol–water partition coefficient (Wildman–Crippen LogP) is 1.85. The number of benzene rings is 1. The van der Waals surface area contributed by atoms with E-state index in [-0.39, 0.29) is 5.72 Å². The van der Waals surface area contributed by atoms with Gasteiger partial charge in [-0.25, -0.2) is 0 Å². The lowest BCUT2D eigenvalue weighted by Gasteiger charge is -2.47. The number of anilines is 1. The molecule has 0 bridgehead atoms. The van der Waals surface area contributed by atoms with Gasteiger partial charge in [0, 0.05) is 32.4 Å². The van der Waals surface area contributed by atoms with Crippen LogP contribution in [0.15, 0.2) is 30.3 Å². The van der Waals surface area contributed by atoms with Crippen molar-refractivity contribution in [3.05, 3.63) is 30.3 Å². The summed E-state index contributed by atoms with van der Waals surface area (Å²) in [6, 6.07) is 10.5. The predicted molar refractivity (Wildman–Crippen MR) is 66.7 cm³/mol. The maximum atomic E-state index is 5.76. The highest BCUT2D eigenvalue weighted by Crippen LogP contribution is 2.28. The largest absolute Gasteiger partial charge is 0.358 e. The van der Waals surface area contributed by atoms with E-state index >= 15 is 0 Å². The van der Waals surface area contributed by atoms with Gasteiger partial charge in [0.15, 0.2) is 5.72 Å². The van der Waals surface area contributed by atoms with E-state index in [4.69, 9.17) is 4.74 Å². The lowest BCUT2D eigenvalue weighted by Crippen LogP contribution is -2.62. The van der Waals surface area contributed by atoms with Crippen molar-refractivity contribution in [2.45, 2.75) is 19.1 Å². The van der Waals surface area contributed by atoms with Crippen LogP contribution in [0.5, 0.6) is 0 Å². The third kappa shape index (κ3) is 1.93. The fourth-order valence-corrected chi connectivity index (χ4v) is 2.39. The number of ether oxygens (including phenoxy) is 1. The van der Waals surface area contributed by atoms with Crippen LogP contribution in [0.25, 0.3) is 0 Å². The van der Waals surface area contributed by atoms with E-state index in [1.54, 1.807) is 7.11 Å². The Labute approximate surface area is 97.4 Å². The molecule has 1 aliphatic rings. The van der Waals surface area contributed by atoms with E-state index in [0.29, 0.717) is 0 Å². The maximum Gasteiger partial charge on any atom is 0.153 e. The average Bonchev–Trinajstić information content (AvgIpc) is 2.39. The van der Waals surface area contributed by atoms with Crippen molar-refractivity contribution in [1.82, 2.24) is 5.32 Å². The van der Waals surface area contributed by atoms with E-state index in [2.05, 4.69) is 41.4 Å². The Kier molecular flexibility index (Phi) is 3.46. The molecule has 0 amide bonds. The number of methoxy groups -OCH3 is 1. The van der Waals surface area contributed by atoms with Gasteiger partial charge in [-0.3, -0.25) is 0 Å². The first kappa shape index (κ1) is 11.4. The first-order valence-electron chi connectivity index (χ1n) is 5.91. The average molecular weight is 220 g/mol. The van der Waals surface area contributed by atoms with E-state index in [1.807, 2.05) is 6.07 Å². The fraction of sp³-hybridized carbons (Fsp3) is 0.538. The van der Waals surface area contributed by atoms with Gasteiger partial charge in [-0.05, 0) is 18.6 Å². The molecule has 1 aromatic rings. The summed E-state index contributed by atoms with van der Waals surface area (Å²) in [6.07, 6.45) is 0.978. The Bertz CT molecular complexity index is 322. The molecule has 1 aromatic carbocycles. The summed E-state index contributed by atoms with van der Waals surface area (Å²) >= 11 is 0. The summed E-state index contributed by atoms with van der Waals surface area (Å²) in [5, 5.41) is 3.41. The number of hydrogen-bond donors (Lipinski definition) is 1. The van der Waals surface area contributed by atoms with Crippen molar-refractivity contribution in [1.29, 1.82) is 0 Å². The van der Waals surface area contributed by atoms with Crippen LogP contribution in [0.1, 0.15) is 13.3 Å². The molecule has 1 N–H and O–H groups in total. The van der Waals surface area contributed by atoms with Crippen LogP contribution >= 0.6 is 0 Å². The molecule has 1 heterocycles. The number of rotatable bonds is 3. The van der Waals surface area contributed by atoms with E-state index in [0.717, 1.165) is 26.1 Å². The SMILES string of the molecule is CCC1(OC)CNCCN1c1ccccc1. The molecule has 2 rings (SSSR count). The first-order valence-corrected chi connectivity index (χ1v) is 5.91. The summed E-state index contributed by atoms with van der Waals surface area (Å²) < 4.78 is 5.76. The van der Waals surface area contributed by atoms with Crippen molar-refractivity contribution >= 4 is 5.69 Å². The minimum Gasteiger partial charge on any atom is -0.358 e. The number of nitrogens with one attached hydrogen (secondary N) is 1. The first-order chi connectivity index (χ1) is 7.82. The zero-order chi connectivity index (χ0) is 11.4. The van der Waals surface area contributed by atoms with Crippen LogP contribution < -0.4 is 10.2 Å². The summed E-state index contributed by atoms with van der Waals surface area (Å²) in [5.41, 5.74) is 1.05. The van der Waals surface area contributed by atoms with Crippen molar-refractivity contribution in [2.24, 2.45) is 0 Å². The Morgan fingerprint density at radius 3 is 2.75 bits per heavy atom. The highest BCUT2D eigenvalue weighted by molar-refractivity contribution is 5.49. The van der Waals surface area contributed by atoms with Crippen molar-refractivity contribution in [3.8, 4) is 0 Å². The second kappa shape index (κ2) is 4.85. The third-order valence-corrected chi connectivity index (χ3v) is 3.41. The van der Waals surface area contributed by atoms with Crippen molar-refractivity contribution in [2.75, 3.05) is 31.6 Å². The second-order valence-corrected chi connectivity index (χ2v) is 4.17. The van der Waals surface area contributed by atoms with Crippen LogP contribution in [-0.4, -0.2) is 32.5 Å². The lowest BCUT2D eigenvalue weighted by molar-refractivity contribution is -0.0238. The quantitative estimate of drug-likeness (QED) is 0.841. The van der Waals surface area contributed by atoms with Gasteiger partial charge in [0.1, 0.15) is 0 Å². The highest BCUT2D eigenvalue weighted by Gasteiger charge is 2.37. The standard InChI is InChI=1S/C13H20N2O/c1-3-13(16-2)11-14-9-10-15(13)12-7-5-4-6-8-12/h4-8,14H,3,9-11H2,1-2H3. The summed E-state index contributed by atoms with van der Waals surface area (Å²) in [6.45, 7) is 5.06. The molecule has 1 aliphatic heterocycles. The van der Waals surface area contributed by atoms with Gasteiger partial charge in [-0.15, -0.1) is 0 Å². The Morgan fingerprint density at radius 2 is 2.12 bits per heavy atom. The summed E-state index contributed by atoms with van der Waals surface area (Å²) in [4.78, 5) is 2.36. The molecule has 16 heavy (non-hydrogen) atoms. The molecule has 0 aliphatic carbocycles. The van der Waals surface area contributed by atoms with Crippen LogP contribution in [0.3, 0.4) is 0 Å². The Morgan fingerprint density at radius 1 is 1.38 bits per heavy atom. The van der Waals surface area contributed by atoms with Gasteiger partial charge >= 0.3 is 0 Å². The molecule has 1 atom stereocenters.